The van der Waals surface area contributed by atoms with Crippen LogP contribution in [0.1, 0.15) is 68.3 Å². The van der Waals surface area contributed by atoms with Gasteiger partial charge in [-0.25, -0.2) is 9.97 Å². The zero-order valence-electron chi connectivity index (χ0n) is 19.1. The van der Waals surface area contributed by atoms with Crippen LogP contribution in [0.5, 0.6) is 0 Å². The number of hydrogen-bond acceptors (Lipinski definition) is 8. The van der Waals surface area contributed by atoms with Gasteiger partial charge in [-0.1, -0.05) is 50.1 Å². The quantitative estimate of drug-likeness (QED) is 0.169. The van der Waals surface area contributed by atoms with Gasteiger partial charge in [-0.05, 0) is 12.8 Å². The number of amides is 2. The molecule has 1 aliphatic heterocycles. The van der Waals surface area contributed by atoms with Crippen LogP contribution in [0.4, 0.5) is 11.6 Å². The van der Waals surface area contributed by atoms with Crippen molar-refractivity contribution in [3.63, 3.8) is 0 Å². The number of carbonyl (C=O) groups excluding carboxylic acids is 2. The molecule has 1 aromatic heterocycles. The van der Waals surface area contributed by atoms with Crippen molar-refractivity contribution in [3.8, 4) is 0 Å². The lowest BCUT2D eigenvalue weighted by Gasteiger charge is -2.27. The van der Waals surface area contributed by atoms with E-state index in [1.54, 1.807) is 0 Å². The minimum Gasteiger partial charge on any atom is -0.382 e. The van der Waals surface area contributed by atoms with Gasteiger partial charge in [-0.3, -0.25) is 19.9 Å². The Hall–Kier alpha value is -2.66. The molecule has 0 radical (unpaired) electrons. The molecule has 184 valence electrons. The number of nitrogens with zero attached hydrogens (tertiary/aromatic N) is 4. The van der Waals surface area contributed by atoms with Crippen LogP contribution in [0, 0.1) is 5.41 Å². The lowest BCUT2D eigenvalue weighted by molar-refractivity contribution is -0.131. The Morgan fingerprint density at radius 2 is 1.55 bits per heavy atom. The summed E-state index contributed by atoms with van der Waals surface area (Å²) in [6.07, 6.45) is 8.60. The molecule has 1 aromatic rings. The Labute approximate surface area is 199 Å². The Morgan fingerprint density at radius 3 is 2.15 bits per heavy atom. The van der Waals surface area contributed by atoms with Crippen molar-refractivity contribution in [3.05, 3.63) is 10.8 Å². The van der Waals surface area contributed by atoms with Crippen LogP contribution in [0.15, 0.2) is 0 Å². The van der Waals surface area contributed by atoms with Crippen LogP contribution in [-0.2, 0) is 4.79 Å². The maximum atomic E-state index is 12.7. The number of nitrogens with one attached hydrogen (secondary N) is 2. The van der Waals surface area contributed by atoms with E-state index in [1.165, 1.54) is 0 Å². The molecule has 0 spiro atoms. The zero-order valence-corrected chi connectivity index (χ0v) is 19.9. The van der Waals surface area contributed by atoms with Crippen LogP contribution in [-0.4, -0.2) is 70.3 Å². The van der Waals surface area contributed by atoms with Crippen LogP contribution in [0.25, 0.3) is 0 Å². The smallest absolute Gasteiger partial charge is 0.283 e. The molecule has 2 amide bonds. The highest BCUT2D eigenvalue weighted by Crippen LogP contribution is 2.19. The molecular formula is C21H36ClN9O2. The Kier molecular flexibility index (Phi) is 11.1. The SMILES string of the molecule is N=C(N)N(CCCCCCCCCCC(=O)N1CCNCC1)C(=O)c1nc(Cl)c(N)nc1N. The summed E-state index contributed by atoms with van der Waals surface area (Å²) in [5.74, 6) is -0.946. The Bertz CT molecular complexity index is 815. The number of halogens is 1. The number of piperazine rings is 1. The summed E-state index contributed by atoms with van der Waals surface area (Å²) >= 11 is 5.84. The first kappa shape index (κ1) is 26.6. The van der Waals surface area contributed by atoms with Crippen molar-refractivity contribution >= 4 is 41.0 Å². The van der Waals surface area contributed by atoms with Gasteiger partial charge in [-0.15, -0.1) is 0 Å². The second-order valence-electron chi connectivity index (χ2n) is 8.18. The van der Waals surface area contributed by atoms with Crippen molar-refractivity contribution in [1.82, 2.24) is 25.1 Å². The summed E-state index contributed by atoms with van der Waals surface area (Å²) in [5, 5.41) is 10.8. The molecule has 12 heteroatoms. The fraction of sp³-hybridized carbons (Fsp3) is 0.667. The minimum atomic E-state index is -0.621. The van der Waals surface area contributed by atoms with Crippen molar-refractivity contribution in [2.45, 2.75) is 57.8 Å². The number of nitrogens with two attached hydrogens (primary N) is 3. The number of unbranched alkanes of at least 4 members (excludes halogenated alkanes) is 7. The van der Waals surface area contributed by atoms with Gasteiger partial charge in [0.1, 0.15) is 0 Å². The van der Waals surface area contributed by atoms with E-state index < -0.39 is 5.91 Å². The Morgan fingerprint density at radius 1 is 0.970 bits per heavy atom. The fourth-order valence-electron chi connectivity index (χ4n) is 3.74. The molecule has 1 fully saturated rings. The lowest BCUT2D eigenvalue weighted by Crippen LogP contribution is -2.46. The van der Waals surface area contributed by atoms with E-state index in [1.807, 2.05) is 4.90 Å². The van der Waals surface area contributed by atoms with Gasteiger partial charge in [0, 0.05) is 39.1 Å². The Balaban J connectivity index is 1.59. The molecule has 0 aliphatic carbocycles. The third-order valence-electron chi connectivity index (χ3n) is 5.64. The highest BCUT2D eigenvalue weighted by atomic mass is 35.5. The monoisotopic (exact) mass is 481 g/mol. The van der Waals surface area contributed by atoms with E-state index in [0.717, 1.165) is 76.0 Å². The summed E-state index contributed by atoms with van der Waals surface area (Å²) < 4.78 is 0. The number of carbonyl (C=O) groups is 2. The second-order valence-corrected chi connectivity index (χ2v) is 8.54. The largest absolute Gasteiger partial charge is 0.382 e. The van der Waals surface area contributed by atoms with Gasteiger partial charge in [0.2, 0.25) is 5.91 Å². The third kappa shape index (κ3) is 8.65. The van der Waals surface area contributed by atoms with Crippen molar-refractivity contribution in [1.29, 1.82) is 5.41 Å². The van der Waals surface area contributed by atoms with Gasteiger partial charge >= 0.3 is 0 Å². The molecule has 2 heterocycles. The molecule has 0 saturated carbocycles. The van der Waals surface area contributed by atoms with Gasteiger partial charge in [-0.2, -0.15) is 0 Å². The molecule has 2 rings (SSSR count). The summed E-state index contributed by atoms with van der Waals surface area (Å²) in [6, 6.07) is 0. The molecule has 0 bridgehead atoms. The molecule has 33 heavy (non-hydrogen) atoms. The topological polar surface area (TPSA) is 180 Å². The third-order valence-corrected chi connectivity index (χ3v) is 5.91. The molecule has 0 atom stereocenters. The molecule has 1 saturated heterocycles. The predicted octanol–water partition coefficient (Wildman–Crippen LogP) is 1.57. The number of aromatic nitrogens is 2. The fourth-order valence-corrected chi connectivity index (χ4v) is 3.86. The van der Waals surface area contributed by atoms with Gasteiger partial charge in [0.25, 0.3) is 5.91 Å². The zero-order chi connectivity index (χ0) is 24.2. The lowest BCUT2D eigenvalue weighted by atomic mass is 10.1. The molecule has 0 unspecified atom stereocenters. The van der Waals surface area contributed by atoms with E-state index in [-0.39, 0.29) is 40.9 Å². The van der Waals surface area contributed by atoms with Gasteiger partial charge in [0.05, 0.1) is 0 Å². The van der Waals surface area contributed by atoms with Crippen molar-refractivity contribution in [2.75, 3.05) is 44.2 Å². The van der Waals surface area contributed by atoms with Crippen LogP contribution >= 0.6 is 11.6 Å². The number of rotatable bonds is 12. The standard InChI is InChI=1S/C21H36ClN9O2/c22-17-19(24)29-18(23)16(28-17)20(33)31(21(25)26)12-8-6-4-2-1-3-5-7-9-15(32)30-13-10-27-11-14-30/h27H,1-14H2,(H3,25,26)(H4,23,24,29). The first-order valence-corrected chi connectivity index (χ1v) is 11.9. The summed E-state index contributed by atoms with van der Waals surface area (Å²) in [7, 11) is 0. The first-order valence-electron chi connectivity index (χ1n) is 11.5. The van der Waals surface area contributed by atoms with E-state index >= 15 is 0 Å². The van der Waals surface area contributed by atoms with Crippen LogP contribution < -0.4 is 22.5 Å². The molecule has 1 aliphatic rings. The number of anilines is 2. The maximum Gasteiger partial charge on any atom is 0.283 e. The van der Waals surface area contributed by atoms with E-state index in [4.69, 9.17) is 34.2 Å². The second kappa shape index (κ2) is 13.8. The summed E-state index contributed by atoms with van der Waals surface area (Å²) in [6.45, 7) is 3.70. The summed E-state index contributed by atoms with van der Waals surface area (Å²) in [5.41, 5.74) is 16.7. The highest BCUT2D eigenvalue weighted by Gasteiger charge is 2.24. The molecular weight excluding hydrogens is 446 g/mol. The van der Waals surface area contributed by atoms with Crippen molar-refractivity contribution < 1.29 is 9.59 Å². The van der Waals surface area contributed by atoms with E-state index in [2.05, 4.69) is 15.3 Å². The van der Waals surface area contributed by atoms with E-state index in [9.17, 15) is 9.59 Å². The molecule has 11 nitrogen and oxygen atoms in total. The van der Waals surface area contributed by atoms with Gasteiger partial charge < -0.3 is 27.4 Å². The van der Waals surface area contributed by atoms with Crippen LogP contribution in [0.2, 0.25) is 5.15 Å². The van der Waals surface area contributed by atoms with Gasteiger partial charge in [0.15, 0.2) is 28.4 Å². The van der Waals surface area contributed by atoms with Crippen molar-refractivity contribution in [2.24, 2.45) is 5.73 Å². The predicted molar refractivity (Wildman–Crippen MR) is 130 cm³/mol. The van der Waals surface area contributed by atoms with Crippen LogP contribution in [0.3, 0.4) is 0 Å². The minimum absolute atomic E-state index is 0.0637. The number of guanidine groups is 1. The number of nitrogen functional groups attached to an aromatic ring is 2. The number of hydrogen-bond donors (Lipinski definition) is 5. The first-order chi connectivity index (χ1) is 15.8. The highest BCUT2D eigenvalue weighted by molar-refractivity contribution is 6.31. The molecule has 0 aromatic carbocycles. The summed E-state index contributed by atoms with van der Waals surface area (Å²) in [4.78, 5) is 35.6. The maximum absolute atomic E-state index is 12.7. The average molecular weight is 482 g/mol. The average Bonchev–Trinajstić information content (AvgIpc) is 2.79. The van der Waals surface area contributed by atoms with E-state index in [0.29, 0.717) is 12.8 Å². The normalized spacial score (nSPS) is 13.7. The molecule has 8 N–H and O–H groups in total.